The van der Waals surface area contributed by atoms with E-state index in [1.54, 1.807) is 4.68 Å². The Morgan fingerprint density at radius 3 is 2.83 bits per heavy atom. The fourth-order valence-electron chi connectivity index (χ4n) is 1.21. The first-order chi connectivity index (χ1) is 5.77. The van der Waals surface area contributed by atoms with Gasteiger partial charge in [-0.2, -0.15) is 0 Å². The Morgan fingerprint density at radius 2 is 2.50 bits per heavy atom. The molecule has 0 spiro atoms. The number of aromatic nitrogens is 3. The van der Waals surface area contributed by atoms with Crippen LogP contribution in [0.3, 0.4) is 0 Å². The number of aliphatic hydroxyl groups excluding tert-OH is 1. The smallest absolute Gasteiger partial charge is 0.134 e. The zero-order valence-electron chi connectivity index (χ0n) is 6.90. The Bertz CT molecular complexity index is 274. The van der Waals surface area contributed by atoms with Crippen LogP contribution in [0.4, 0.5) is 0 Å². The lowest BCUT2D eigenvalue weighted by molar-refractivity contribution is -0.130. The van der Waals surface area contributed by atoms with Crippen LogP contribution in [0, 0.1) is 6.92 Å². The summed E-state index contributed by atoms with van der Waals surface area (Å²) >= 11 is 0. The maximum absolute atomic E-state index is 9.13. The van der Waals surface area contributed by atoms with Crippen molar-refractivity contribution in [1.29, 1.82) is 0 Å². The average molecular weight is 169 g/mol. The highest BCUT2D eigenvalue weighted by Crippen LogP contribution is 2.24. The largest absolute Gasteiger partial charge is 0.394 e. The molecule has 1 aliphatic rings. The van der Waals surface area contributed by atoms with E-state index < -0.39 is 0 Å². The number of hydrogen-bond donors (Lipinski definition) is 1. The zero-order chi connectivity index (χ0) is 8.60. The molecule has 1 aromatic rings. The summed E-state index contributed by atoms with van der Waals surface area (Å²) in [6, 6.07) is 0. The van der Waals surface area contributed by atoms with E-state index in [-0.39, 0.29) is 12.1 Å². The van der Waals surface area contributed by atoms with Crippen LogP contribution in [0.5, 0.6) is 0 Å². The van der Waals surface area contributed by atoms with Gasteiger partial charge in [-0.05, 0) is 6.92 Å². The van der Waals surface area contributed by atoms with Crippen LogP contribution in [-0.2, 0) is 10.3 Å². The molecule has 2 heterocycles. The van der Waals surface area contributed by atoms with Gasteiger partial charge < -0.3 is 9.84 Å². The average Bonchev–Trinajstić information content (AvgIpc) is 2.35. The summed E-state index contributed by atoms with van der Waals surface area (Å²) < 4.78 is 6.73. The van der Waals surface area contributed by atoms with E-state index >= 15 is 0 Å². The maximum atomic E-state index is 9.13. The van der Waals surface area contributed by atoms with E-state index in [0.717, 1.165) is 5.69 Å². The molecule has 1 aliphatic heterocycles. The predicted molar refractivity (Wildman–Crippen MR) is 40.6 cm³/mol. The Hall–Kier alpha value is -0.940. The molecule has 12 heavy (non-hydrogen) atoms. The molecule has 5 heteroatoms. The van der Waals surface area contributed by atoms with Crippen LogP contribution in [-0.4, -0.2) is 39.9 Å². The molecule has 0 bridgehead atoms. The summed E-state index contributed by atoms with van der Waals surface area (Å²) in [4.78, 5) is 0. The van der Waals surface area contributed by atoms with Crippen molar-refractivity contribution in [2.75, 3.05) is 19.8 Å². The van der Waals surface area contributed by atoms with Crippen molar-refractivity contribution in [2.24, 2.45) is 0 Å². The molecule has 0 aromatic carbocycles. The Morgan fingerprint density at radius 1 is 1.75 bits per heavy atom. The predicted octanol–water partition coefficient (Wildman–Crippen LogP) is -0.696. The topological polar surface area (TPSA) is 60.2 Å². The van der Waals surface area contributed by atoms with Crippen LogP contribution in [0.2, 0.25) is 0 Å². The Balaban J connectivity index is 2.27. The van der Waals surface area contributed by atoms with Gasteiger partial charge >= 0.3 is 0 Å². The molecule has 0 unspecified atom stereocenters. The molecular formula is C7H11N3O2. The van der Waals surface area contributed by atoms with Crippen molar-refractivity contribution in [2.45, 2.75) is 12.5 Å². The number of aliphatic hydroxyl groups is 1. The van der Waals surface area contributed by atoms with Gasteiger partial charge in [-0.25, -0.2) is 4.68 Å². The van der Waals surface area contributed by atoms with Crippen molar-refractivity contribution < 1.29 is 9.84 Å². The number of ether oxygens (including phenoxy) is 1. The number of nitrogens with zero attached hydrogens (tertiary/aromatic N) is 3. The number of rotatable bonds is 2. The second-order valence-electron chi connectivity index (χ2n) is 3.18. The first-order valence-corrected chi connectivity index (χ1v) is 3.85. The summed E-state index contributed by atoms with van der Waals surface area (Å²) in [6.07, 6.45) is 1.82. The van der Waals surface area contributed by atoms with Gasteiger partial charge in [0.15, 0.2) is 0 Å². The third-order valence-corrected chi connectivity index (χ3v) is 2.13. The molecule has 0 aliphatic carbocycles. The minimum absolute atomic E-state index is 0.0514. The number of aryl methyl sites for hydroxylation is 1. The molecule has 1 fully saturated rings. The highest BCUT2D eigenvalue weighted by Gasteiger charge is 2.41. The summed E-state index contributed by atoms with van der Waals surface area (Å²) in [6.45, 7) is 2.96. The first kappa shape index (κ1) is 7.70. The molecule has 1 aromatic heterocycles. The van der Waals surface area contributed by atoms with Gasteiger partial charge in [0.1, 0.15) is 5.54 Å². The van der Waals surface area contributed by atoms with Gasteiger partial charge in [-0.3, -0.25) is 0 Å². The highest BCUT2D eigenvalue weighted by atomic mass is 16.5. The van der Waals surface area contributed by atoms with Crippen molar-refractivity contribution in [3.63, 3.8) is 0 Å². The van der Waals surface area contributed by atoms with Gasteiger partial charge in [0.05, 0.1) is 25.5 Å². The van der Waals surface area contributed by atoms with Gasteiger partial charge in [-0.15, -0.1) is 5.10 Å². The van der Waals surface area contributed by atoms with E-state index in [0.29, 0.717) is 13.2 Å². The van der Waals surface area contributed by atoms with Crippen LogP contribution >= 0.6 is 0 Å². The third kappa shape index (κ3) is 0.937. The standard InChI is InChI=1S/C7H11N3O2/c1-6-2-10(9-8-6)7(3-11)4-12-5-7/h2,11H,3-5H2,1H3. The molecule has 0 saturated carbocycles. The fraction of sp³-hybridized carbons (Fsp3) is 0.714. The minimum Gasteiger partial charge on any atom is -0.394 e. The second-order valence-corrected chi connectivity index (χ2v) is 3.18. The summed E-state index contributed by atoms with van der Waals surface area (Å²) in [5.41, 5.74) is 0.510. The highest BCUT2D eigenvalue weighted by molar-refractivity contribution is 4.97. The van der Waals surface area contributed by atoms with Crippen molar-refractivity contribution in [3.8, 4) is 0 Å². The van der Waals surface area contributed by atoms with E-state index in [4.69, 9.17) is 9.84 Å². The molecule has 5 nitrogen and oxygen atoms in total. The summed E-state index contributed by atoms with van der Waals surface area (Å²) in [5, 5.41) is 16.9. The minimum atomic E-state index is -0.346. The van der Waals surface area contributed by atoms with Gasteiger partial charge in [0.2, 0.25) is 0 Å². The molecule has 66 valence electrons. The lowest BCUT2D eigenvalue weighted by Gasteiger charge is -2.39. The lowest BCUT2D eigenvalue weighted by Crippen LogP contribution is -2.54. The van der Waals surface area contributed by atoms with E-state index in [9.17, 15) is 0 Å². The van der Waals surface area contributed by atoms with Gasteiger partial charge in [0, 0.05) is 6.20 Å². The summed E-state index contributed by atoms with van der Waals surface area (Å²) in [7, 11) is 0. The van der Waals surface area contributed by atoms with Crippen molar-refractivity contribution in [1.82, 2.24) is 15.0 Å². The van der Waals surface area contributed by atoms with Crippen LogP contribution in [0.15, 0.2) is 6.20 Å². The van der Waals surface area contributed by atoms with Crippen LogP contribution in [0.25, 0.3) is 0 Å². The lowest BCUT2D eigenvalue weighted by atomic mass is 9.99. The molecular weight excluding hydrogens is 158 g/mol. The quantitative estimate of drug-likeness (QED) is 0.636. The Labute approximate surface area is 70.0 Å². The third-order valence-electron chi connectivity index (χ3n) is 2.13. The van der Waals surface area contributed by atoms with E-state index in [2.05, 4.69) is 10.3 Å². The normalized spacial score (nSPS) is 20.5. The molecule has 0 amide bonds. The Kier molecular flexibility index (Phi) is 1.62. The maximum Gasteiger partial charge on any atom is 0.134 e. The van der Waals surface area contributed by atoms with Crippen molar-refractivity contribution in [3.05, 3.63) is 11.9 Å². The van der Waals surface area contributed by atoms with Gasteiger partial charge in [0.25, 0.3) is 0 Å². The van der Waals surface area contributed by atoms with Crippen LogP contribution < -0.4 is 0 Å². The van der Waals surface area contributed by atoms with Crippen LogP contribution in [0.1, 0.15) is 5.69 Å². The van der Waals surface area contributed by atoms with E-state index in [1.807, 2.05) is 13.1 Å². The molecule has 0 radical (unpaired) electrons. The van der Waals surface area contributed by atoms with Crippen molar-refractivity contribution >= 4 is 0 Å². The summed E-state index contributed by atoms with van der Waals surface area (Å²) in [5.74, 6) is 0. The second kappa shape index (κ2) is 2.53. The van der Waals surface area contributed by atoms with E-state index in [1.165, 1.54) is 0 Å². The molecule has 1 saturated heterocycles. The molecule has 2 rings (SSSR count). The SMILES string of the molecule is Cc1cn(C2(CO)COC2)nn1. The fourth-order valence-corrected chi connectivity index (χ4v) is 1.21. The number of hydrogen-bond acceptors (Lipinski definition) is 4. The monoisotopic (exact) mass is 169 g/mol. The molecule has 1 N–H and O–H groups in total. The molecule has 0 atom stereocenters. The van der Waals surface area contributed by atoms with Gasteiger partial charge in [-0.1, -0.05) is 5.21 Å². The first-order valence-electron chi connectivity index (χ1n) is 3.85. The zero-order valence-corrected chi connectivity index (χ0v) is 6.90.